The van der Waals surface area contributed by atoms with Crippen LogP contribution in [0.5, 0.6) is 0 Å². The summed E-state index contributed by atoms with van der Waals surface area (Å²) in [6, 6.07) is 0. The van der Waals surface area contributed by atoms with Gasteiger partial charge in [0.1, 0.15) is 0 Å². The number of hydrogen-bond acceptors (Lipinski definition) is 3. The third-order valence-corrected chi connectivity index (χ3v) is 2.84. The predicted molar refractivity (Wildman–Crippen MR) is 56.3 cm³/mol. The van der Waals surface area contributed by atoms with Gasteiger partial charge in [-0.1, -0.05) is 0 Å². The van der Waals surface area contributed by atoms with Gasteiger partial charge in [0.2, 0.25) is 0 Å². The minimum Gasteiger partial charge on any atom is -0.481 e. The summed E-state index contributed by atoms with van der Waals surface area (Å²) in [5, 5.41) is 12.9. The number of carboxylic acid groups (broad SMARTS) is 1. The summed E-state index contributed by atoms with van der Waals surface area (Å²) < 4.78 is 1.67. The van der Waals surface area contributed by atoms with Crippen LogP contribution in [-0.2, 0) is 11.2 Å². The first-order valence-electron chi connectivity index (χ1n) is 5.28. The van der Waals surface area contributed by atoms with E-state index in [0.717, 1.165) is 0 Å². The van der Waals surface area contributed by atoms with E-state index in [1.807, 2.05) is 12.4 Å². The first-order valence-corrected chi connectivity index (χ1v) is 5.28. The smallest absolute Gasteiger partial charge is 0.308 e. The third kappa shape index (κ3) is 1.54. The minimum absolute atomic E-state index is 0.0285. The van der Waals surface area contributed by atoms with Crippen molar-refractivity contribution < 1.29 is 9.90 Å². The Hall–Kier alpha value is -1.91. The molecule has 0 spiro atoms. The summed E-state index contributed by atoms with van der Waals surface area (Å²) in [6.45, 7) is 0. The van der Waals surface area contributed by atoms with Crippen LogP contribution in [0.1, 0.15) is 29.9 Å². The van der Waals surface area contributed by atoms with Crippen molar-refractivity contribution >= 4 is 11.6 Å². The fourth-order valence-electron chi connectivity index (χ4n) is 1.85. The van der Waals surface area contributed by atoms with Crippen LogP contribution >= 0.6 is 0 Å². The highest BCUT2D eigenvalue weighted by Crippen LogP contribution is 2.39. The molecule has 0 atom stereocenters. The molecule has 1 N–H and O–H groups in total. The second-order valence-electron chi connectivity index (χ2n) is 4.17. The van der Waals surface area contributed by atoms with Crippen LogP contribution in [0, 0.1) is 0 Å². The molecule has 0 aromatic carbocycles. The van der Waals surface area contributed by atoms with Crippen LogP contribution in [-0.4, -0.2) is 25.7 Å². The number of aromatic nitrogens is 3. The molecule has 0 amide bonds. The van der Waals surface area contributed by atoms with Gasteiger partial charge in [-0.05, 0) is 24.3 Å². The fourth-order valence-corrected chi connectivity index (χ4v) is 1.85. The van der Waals surface area contributed by atoms with Crippen LogP contribution in [0.2, 0.25) is 0 Å². The lowest BCUT2D eigenvalue weighted by Gasteiger charge is -1.99. The maximum Gasteiger partial charge on any atom is 0.308 e. The zero-order valence-corrected chi connectivity index (χ0v) is 8.63. The Balaban J connectivity index is 2.03. The third-order valence-electron chi connectivity index (χ3n) is 2.84. The molecule has 0 saturated heterocycles. The van der Waals surface area contributed by atoms with E-state index in [1.165, 1.54) is 18.4 Å². The van der Waals surface area contributed by atoms with Gasteiger partial charge in [0.25, 0.3) is 0 Å². The van der Waals surface area contributed by atoms with Crippen LogP contribution in [0.15, 0.2) is 18.6 Å². The molecule has 1 aliphatic rings. The SMILES string of the molecule is O=C(O)Cc1cnn2cc(C3CC3)cnc12. The van der Waals surface area contributed by atoms with E-state index in [0.29, 0.717) is 17.1 Å². The molecule has 16 heavy (non-hydrogen) atoms. The molecule has 0 bridgehead atoms. The molecule has 5 heteroatoms. The average Bonchev–Trinajstić information content (AvgIpc) is 3.02. The van der Waals surface area contributed by atoms with Gasteiger partial charge in [0.05, 0.1) is 12.6 Å². The Bertz CT molecular complexity index is 557. The molecule has 2 aromatic heterocycles. The molecular formula is C11H11N3O2. The van der Waals surface area contributed by atoms with Crippen molar-refractivity contribution in [3.8, 4) is 0 Å². The second kappa shape index (κ2) is 3.30. The maximum atomic E-state index is 10.6. The van der Waals surface area contributed by atoms with E-state index in [4.69, 9.17) is 5.11 Å². The van der Waals surface area contributed by atoms with Crippen molar-refractivity contribution in [3.63, 3.8) is 0 Å². The normalized spacial score (nSPS) is 15.5. The number of carbonyl (C=O) groups is 1. The zero-order valence-electron chi connectivity index (χ0n) is 8.63. The summed E-state index contributed by atoms with van der Waals surface area (Å²) in [5.74, 6) is -0.230. The van der Waals surface area contributed by atoms with Crippen molar-refractivity contribution in [3.05, 3.63) is 29.7 Å². The molecule has 1 aliphatic carbocycles. The van der Waals surface area contributed by atoms with Gasteiger partial charge in [-0.25, -0.2) is 9.50 Å². The monoisotopic (exact) mass is 217 g/mol. The number of rotatable bonds is 3. The molecule has 5 nitrogen and oxygen atoms in total. The maximum absolute atomic E-state index is 10.6. The molecule has 3 rings (SSSR count). The summed E-state index contributed by atoms with van der Waals surface area (Å²) in [4.78, 5) is 14.9. The number of carboxylic acids is 1. The first-order chi connectivity index (χ1) is 7.74. The van der Waals surface area contributed by atoms with Gasteiger partial charge in [-0.15, -0.1) is 0 Å². The van der Waals surface area contributed by atoms with Crippen LogP contribution in [0.4, 0.5) is 0 Å². The van der Waals surface area contributed by atoms with Crippen molar-refractivity contribution in [2.75, 3.05) is 0 Å². The van der Waals surface area contributed by atoms with Gasteiger partial charge in [0, 0.05) is 18.0 Å². The van der Waals surface area contributed by atoms with E-state index in [9.17, 15) is 4.79 Å². The number of hydrogen-bond donors (Lipinski definition) is 1. The van der Waals surface area contributed by atoms with Gasteiger partial charge in [0.15, 0.2) is 5.65 Å². The fraction of sp³-hybridized carbons (Fsp3) is 0.364. The zero-order chi connectivity index (χ0) is 11.1. The van der Waals surface area contributed by atoms with Crippen LogP contribution in [0.25, 0.3) is 5.65 Å². The van der Waals surface area contributed by atoms with Gasteiger partial charge in [-0.2, -0.15) is 5.10 Å². The van der Waals surface area contributed by atoms with E-state index < -0.39 is 5.97 Å². The van der Waals surface area contributed by atoms with E-state index in [2.05, 4.69) is 10.1 Å². The second-order valence-corrected chi connectivity index (χ2v) is 4.17. The number of fused-ring (bicyclic) bond motifs is 1. The highest BCUT2D eigenvalue weighted by molar-refractivity contribution is 5.72. The Morgan fingerprint density at radius 1 is 1.50 bits per heavy atom. The van der Waals surface area contributed by atoms with Gasteiger partial charge in [-0.3, -0.25) is 4.79 Å². The molecular weight excluding hydrogens is 206 g/mol. The summed E-state index contributed by atoms with van der Waals surface area (Å²) in [7, 11) is 0. The van der Waals surface area contributed by atoms with Crippen molar-refractivity contribution in [2.24, 2.45) is 0 Å². The minimum atomic E-state index is -0.858. The highest BCUT2D eigenvalue weighted by atomic mass is 16.4. The molecule has 2 aromatic rings. The standard InChI is InChI=1S/C11H11N3O2/c15-10(16)3-8-5-13-14-6-9(7-1-2-7)4-12-11(8)14/h4-7H,1-3H2,(H,15,16). The van der Waals surface area contributed by atoms with Crippen LogP contribution in [0.3, 0.4) is 0 Å². The van der Waals surface area contributed by atoms with E-state index in [-0.39, 0.29) is 6.42 Å². The van der Waals surface area contributed by atoms with E-state index in [1.54, 1.807) is 10.7 Å². The molecule has 82 valence electrons. The Morgan fingerprint density at radius 2 is 2.31 bits per heavy atom. The van der Waals surface area contributed by atoms with Gasteiger partial charge < -0.3 is 5.11 Å². The average molecular weight is 217 g/mol. The molecule has 1 saturated carbocycles. The number of aliphatic carboxylic acids is 1. The van der Waals surface area contributed by atoms with Crippen molar-refractivity contribution in [1.82, 2.24) is 14.6 Å². The lowest BCUT2D eigenvalue weighted by molar-refractivity contribution is -0.136. The Labute approximate surface area is 91.7 Å². The molecule has 2 heterocycles. The van der Waals surface area contributed by atoms with E-state index >= 15 is 0 Å². The van der Waals surface area contributed by atoms with Crippen molar-refractivity contribution in [1.29, 1.82) is 0 Å². The quantitative estimate of drug-likeness (QED) is 0.839. The topological polar surface area (TPSA) is 67.5 Å². The number of nitrogens with zero attached hydrogens (tertiary/aromatic N) is 3. The van der Waals surface area contributed by atoms with Crippen molar-refractivity contribution in [2.45, 2.75) is 25.2 Å². The predicted octanol–water partition coefficient (Wildman–Crippen LogP) is 1.23. The summed E-state index contributed by atoms with van der Waals surface area (Å²) >= 11 is 0. The Kier molecular flexibility index (Phi) is 1.92. The molecule has 0 aliphatic heterocycles. The Morgan fingerprint density at radius 3 is 3.00 bits per heavy atom. The van der Waals surface area contributed by atoms with Gasteiger partial charge >= 0.3 is 5.97 Å². The summed E-state index contributed by atoms with van der Waals surface area (Å²) in [5.41, 5.74) is 2.50. The largest absolute Gasteiger partial charge is 0.481 e. The first kappa shape index (κ1) is 9.33. The molecule has 1 fully saturated rings. The molecule has 0 radical (unpaired) electrons. The van der Waals surface area contributed by atoms with Crippen LogP contribution < -0.4 is 0 Å². The molecule has 0 unspecified atom stereocenters. The highest BCUT2D eigenvalue weighted by Gasteiger charge is 2.24. The summed E-state index contributed by atoms with van der Waals surface area (Å²) in [6.07, 6.45) is 7.77. The lowest BCUT2D eigenvalue weighted by Crippen LogP contribution is -2.00. The lowest BCUT2D eigenvalue weighted by atomic mass is 10.2.